The van der Waals surface area contributed by atoms with Crippen LogP contribution in [0.15, 0.2) is 0 Å². The SMILES string of the molecule is CCCCCC(C)(C)OOC1(OOC(C)(C)CCCCC)CC(C)CC(C)(C)C1. The van der Waals surface area contributed by atoms with Gasteiger partial charge in [0.05, 0.1) is 11.2 Å². The second-order valence-corrected chi connectivity index (χ2v) is 11.5. The molecular formula is C25H50O4. The van der Waals surface area contributed by atoms with Crippen molar-refractivity contribution in [3.8, 4) is 0 Å². The van der Waals surface area contributed by atoms with Crippen molar-refractivity contribution < 1.29 is 19.6 Å². The normalized spacial score (nSPS) is 22.0. The summed E-state index contributed by atoms with van der Waals surface area (Å²) in [5, 5.41) is 0. The van der Waals surface area contributed by atoms with Crippen molar-refractivity contribution in [2.45, 2.75) is 150 Å². The smallest absolute Gasteiger partial charge is 0.228 e. The molecule has 4 heteroatoms. The summed E-state index contributed by atoms with van der Waals surface area (Å²) in [7, 11) is 0. The largest absolute Gasteiger partial charge is 0.234 e. The van der Waals surface area contributed by atoms with Gasteiger partial charge < -0.3 is 0 Å². The van der Waals surface area contributed by atoms with E-state index < -0.39 is 5.79 Å². The molecule has 0 aromatic heterocycles. The zero-order valence-corrected chi connectivity index (χ0v) is 21.0. The van der Waals surface area contributed by atoms with Crippen LogP contribution in [-0.2, 0) is 19.6 Å². The molecule has 174 valence electrons. The summed E-state index contributed by atoms with van der Waals surface area (Å²) < 4.78 is 0. The van der Waals surface area contributed by atoms with E-state index in [4.69, 9.17) is 19.6 Å². The van der Waals surface area contributed by atoms with Gasteiger partial charge in [0.2, 0.25) is 5.79 Å². The van der Waals surface area contributed by atoms with Crippen molar-refractivity contribution >= 4 is 0 Å². The van der Waals surface area contributed by atoms with Gasteiger partial charge in [-0.3, -0.25) is 0 Å². The second-order valence-electron chi connectivity index (χ2n) is 11.5. The lowest BCUT2D eigenvalue weighted by Gasteiger charge is -2.46. The third-order valence-corrected chi connectivity index (χ3v) is 5.91. The van der Waals surface area contributed by atoms with Crippen LogP contribution in [0.1, 0.15) is 133 Å². The summed E-state index contributed by atoms with van der Waals surface area (Å²) >= 11 is 0. The first-order chi connectivity index (χ1) is 13.3. The predicted molar refractivity (Wildman–Crippen MR) is 120 cm³/mol. The maximum atomic E-state index is 6.15. The molecular weight excluding hydrogens is 364 g/mol. The standard InChI is InChI=1S/C25H50O4/c1-10-12-14-16-23(6,7)26-28-25(19-21(3)18-22(4,5)20-25)29-27-24(8,9)17-15-13-11-2/h21H,10-20H2,1-9H3. The highest BCUT2D eigenvalue weighted by molar-refractivity contribution is 4.88. The third kappa shape index (κ3) is 10.6. The number of rotatable bonds is 14. The molecule has 0 aliphatic heterocycles. The number of hydrogen-bond donors (Lipinski definition) is 0. The number of unbranched alkanes of at least 4 members (excludes halogenated alkanes) is 4. The van der Waals surface area contributed by atoms with Gasteiger partial charge in [0.15, 0.2) is 0 Å². The van der Waals surface area contributed by atoms with Gasteiger partial charge in [0.25, 0.3) is 0 Å². The fourth-order valence-corrected chi connectivity index (χ4v) is 4.62. The van der Waals surface area contributed by atoms with Gasteiger partial charge in [0, 0.05) is 12.8 Å². The van der Waals surface area contributed by atoms with E-state index in [1.165, 1.54) is 25.7 Å². The van der Waals surface area contributed by atoms with E-state index in [1.807, 2.05) is 0 Å². The Morgan fingerprint density at radius 2 is 1.21 bits per heavy atom. The van der Waals surface area contributed by atoms with Crippen molar-refractivity contribution in [1.82, 2.24) is 0 Å². The number of hydrogen-bond acceptors (Lipinski definition) is 4. The molecule has 1 aliphatic carbocycles. The van der Waals surface area contributed by atoms with E-state index in [2.05, 4.69) is 62.3 Å². The molecule has 1 aliphatic rings. The van der Waals surface area contributed by atoms with Crippen LogP contribution in [-0.4, -0.2) is 17.0 Å². The zero-order chi connectivity index (χ0) is 22.2. The van der Waals surface area contributed by atoms with Crippen molar-refractivity contribution in [3.63, 3.8) is 0 Å². The first-order valence-electron chi connectivity index (χ1n) is 12.1. The van der Waals surface area contributed by atoms with Crippen LogP contribution in [0.2, 0.25) is 0 Å². The fourth-order valence-electron chi connectivity index (χ4n) is 4.62. The topological polar surface area (TPSA) is 36.9 Å². The molecule has 0 radical (unpaired) electrons. The van der Waals surface area contributed by atoms with Crippen LogP contribution in [0.4, 0.5) is 0 Å². The van der Waals surface area contributed by atoms with Crippen LogP contribution in [0, 0.1) is 11.3 Å². The highest BCUT2D eigenvalue weighted by Crippen LogP contribution is 2.47. The average Bonchev–Trinajstić information content (AvgIpc) is 2.57. The van der Waals surface area contributed by atoms with Crippen molar-refractivity contribution in [2.24, 2.45) is 11.3 Å². The Labute approximate surface area is 181 Å². The summed E-state index contributed by atoms with van der Waals surface area (Å²) in [6.45, 7) is 19.7. The summed E-state index contributed by atoms with van der Waals surface area (Å²) in [4.78, 5) is 24.3. The first-order valence-corrected chi connectivity index (χ1v) is 12.1. The van der Waals surface area contributed by atoms with E-state index in [-0.39, 0.29) is 16.6 Å². The minimum absolute atomic E-state index is 0.114. The lowest BCUT2D eigenvalue weighted by molar-refractivity contribution is -0.553. The highest BCUT2D eigenvalue weighted by atomic mass is 17.3. The van der Waals surface area contributed by atoms with E-state index in [0.717, 1.165) is 44.9 Å². The minimum atomic E-state index is -0.856. The van der Waals surface area contributed by atoms with E-state index in [9.17, 15) is 0 Å². The highest BCUT2D eigenvalue weighted by Gasteiger charge is 2.49. The van der Waals surface area contributed by atoms with Gasteiger partial charge in [0.1, 0.15) is 0 Å². The lowest BCUT2D eigenvalue weighted by Crippen LogP contribution is -2.49. The van der Waals surface area contributed by atoms with Crippen LogP contribution >= 0.6 is 0 Å². The zero-order valence-electron chi connectivity index (χ0n) is 21.0. The van der Waals surface area contributed by atoms with Gasteiger partial charge in [-0.05, 0) is 58.3 Å². The summed E-state index contributed by atoms with van der Waals surface area (Å²) in [6.07, 6.45) is 11.8. The van der Waals surface area contributed by atoms with Crippen molar-refractivity contribution in [1.29, 1.82) is 0 Å². The Kier molecular flexibility index (Phi) is 10.6. The predicted octanol–water partition coefficient (Wildman–Crippen LogP) is 8.14. The molecule has 1 fully saturated rings. The summed E-state index contributed by atoms with van der Waals surface area (Å²) in [5.41, 5.74) is -0.566. The van der Waals surface area contributed by atoms with E-state index in [1.54, 1.807) is 0 Å². The first kappa shape index (κ1) is 26.9. The minimum Gasteiger partial charge on any atom is -0.228 e. The molecule has 0 bridgehead atoms. The van der Waals surface area contributed by atoms with Gasteiger partial charge in [-0.15, -0.1) is 0 Å². The van der Waals surface area contributed by atoms with Gasteiger partial charge in [-0.25, -0.2) is 9.78 Å². The Morgan fingerprint density at radius 3 is 1.59 bits per heavy atom. The van der Waals surface area contributed by atoms with Gasteiger partial charge in [-0.1, -0.05) is 73.1 Å². The molecule has 0 amide bonds. The molecule has 1 saturated carbocycles. The molecule has 1 unspecified atom stereocenters. The Bertz CT molecular complexity index is 430. The Balaban J connectivity index is 2.82. The molecule has 0 N–H and O–H groups in total. The third-order valence-electron chi connectivity index (χ3n) is 5.91. The van der Waals surface area contributed by atoms with Crippen LogP contribution in [0.5, 0.6) is 0 Å². The monoisotopic (exact) mass is 414 g/mol. The van der Waals surface area contributed by atoms with Crippen molar-refractivity contribution in [3.05, 3.63) is 0 Å². The van der Waals surface area contributed by atoms with Gasteiger partial charge in [-0.2, -0.15) is 9.78 Å². The average molecular weight is 415 g/mol. The molecule has 0 aromatic rings. The quantitative estimate of drug-likeness (QED) is 0.124. The summed E-state index contributed by atoms with van der Waals surface area (Å²) in [5.74, 6) is -0.372. The van der Waals surface area contributed by atoms with E-state index >= 15 is 0 Å². The molecule has 1 atom stereocenters. The lowest BCUT2D eigenvalue weighted by atomic mass is 9.70. The van der Waals surface area contributed by atoms with E-state index in [0.29, 0.717) is 5.92 Å². The molecule has 0 saturated heterocycles. The van der Waals surface area contributed by atoms with Crippen LogP contribution in [0.3, 0.4) is 0 Å². The molecule has 0 spiro atoms. The Morgan fingerprint density at radius 1 is 0.759 bits per heavy atom. The molecule has 29 heavy (non-hydrogen) atoms. The molecule has 0 aromatic carbocycles. The van der Waals surface area contributed by atoms with Crippen LogP contribution < -0.4 is 0 Å². The Hall–Kier alpha value is -0.160. The van der Waals surface area contributed by atoms with Crippen molar-refractivity contribution in [2.75, 3.05) is 0 Å². The maximum absolute atomic E-state index is 6.15. The molecule has 4 nitrogen and oxygen atoms in total. The molecule has 1 rings (SSSR count). The maximum Gasteiger partial charge on any atom is 0.234 e. The summed E-state index contributed by atoms with van der Waals surface area (Å²) in [6, 6.07) is 0. The van der Waals surface area contributed by atoms with Gasteiger partial charge >= 0.3 is 0 Å². The molecule has 0 heterocycles. The fraction of sp³-hybridized carbons (Fsp3) is 1.00. The van der Waals surface area contributed by atoms with Crippen LogP contribution in [0.25, 0.3) is 0 Å². The second kappa shape index (κ2) is 11.5.